The first-order valence-electron chi connectivity index (χ1n) is 7.82. The maximum atomic E-state index is 11.7. The van der Waals surface area contributed by atoms with Crippen molar-refractivity contribution in [3.63, 3.8) is 0 Å². The van der Waals surface area contributed by atoms with Gasteiger partial charge in [0.1, 0.15) is 5.78 Å². The van der Waals surface area contributed by atoms with Crippen LogP contribution in [0.15, 0.2) is 16.6 Å². The number of Topliss-reactive ketones (excluding diaryl/α,β-unsaturated/α-hetero) is 1. The first kappa shape index (κ1) is 18.4. The van der Waals surface area contributed by atoms with E-state index in [0.29, 0.717) is 11.2 Å². The van der Waals surface area contributed by atoms with Crippen LogP contribution in [0.1, 0.15) is 70.6 Å². The van der Waals surface area contributed by atoms with E-state index in [9.17, 15) is 4.79 Å². The van der Waals surface area contributed by atoms with Crippen LogP contribution in [-0.4, -0.2) is 5.78 Å². The highest BCUT2D eigenvalue weighted by molar-refractivity contribution is 9.10. The summed E-state index contributed by atoms with van der Waals surface area (Å²) in [4.78, 5) is 11.7. The summed E-state index contributed by atoms with van der Waals surface area (Å²) in [7, 11) is 0. The number of aryl methyl sites for hydroxylation is 2. The number of ketones is 1. The minimum absolute atomic E-state index is 0.170. The van der Waals surface area contributed by atoms with E-state index in [1.807, 2.05) is 0 Å². The maximum absolute atomic E-state index is 11.7. The van der Waals surface area contributed by atoms with Crippen LogP contribution in [0, 0.1) is 19.3 Å². The van der Waals surface area contributed by atoms with Gasteiger partial charge in [-0.3, -0.25) is 4.79 Å². The van der Waals surface area contributed by atoms with Crippen molar-refractivity contribution in [3.8, 4) is 0 Å². The number of halogens is 1. The molecule has 2 rings (SSSR count). The maximum Gasteiger partial charge on any atom is 0.140 e. The fraction of sp³-hybridized carbons (Fsp3) is 0.632. The smallest absolute Gasteiger partial charge is 0.140 e. The minimum atomic E-state index is -0.170. The Bertz CT molecular complexity index is 496. The molecule has 0 aromatic heterocycles. The van der Waals surface area contributed by atoms with Crippen molar-refractivity contribution in [2.24, 2.45) is 5.41 Å². The first-order chi connectivity index (χ1) is 9.53. The molecular formula is C19H29BrO. The molecule has 0 aliphatic heterocycles. The second-order valence-electron chi connectivity index (χ2n) is 7.49. The summed E-state index contributed by atoms with van der Waals surface area (Å²) in [5.41, 5.74) is 4.05. The van der Waals surface area contributed by atoms with Crippen LogP contribution in [-0.2, 0) is 10.2 Å². The molecule has 0 spiro atoms. The molecule has 2 heteroatoms. The summed E-state index contributed by atoms with van der Waals surface area (Å²) in [5, 5.41) is 0. The van der Waals surface area contributed by atoms with E-state index in [2.05, 4.69) is 69.6 Å². The Morgan fingerprint density at radius 1 is 1.24 bits per heavy atom. The second-order valence-corrected chi connectivity index (χ2v) is 8.35. The monoisotopic (exact) mass is 352 g/mol. The van der Waals surface area contributed by atoms with Gasteiger partial charge in [0.15, 0.2) is 0 Å². The molecule has 0 amide bonds. The highest BCUT2D eigenvalue weighted by atomic mass is 79.9. The molecule has 118 valence electrons. The molecule has 1 aromatic carbocycles. The zero-order valence-electron chi connectivity index (χ0n) is 14.6. The fourth-order valence-electron chi connectivity index (χ4n) is 2.42. The van der Waals surface area contributed by atoms with Gasteiger partial charge in [0.25, 0.3) is 0 Å². The zero-order valence-corrected chi connectivity index (χ0v) is 16.1. The molecule has 0 bridgehead atoms. The first-order valence-corrected chi connectivity index (χ1v) is 8.61. The Balaban J connectivity index is 0.000000315. The minimum Gasteiger partial charge on any atom is -0.299 e. The summed E-state index contributed by atoms with van der Waals surface area (Å²) >= 11 is 3.59. The number of rotatable bonds is 2. The lowest BCUT2D eigenvalue weighted by atomic mass is 9.88. The molecule has 21 heavy (non-hydrogen) atoms. The van der Waals surface area contributed by atoms with Crippen molar-refractivity contribution in [2.75, 3.05) is 0 Å². The van der Waals surface area contributed by atoms with Crippen LogP contribution in [0.4, 0.5) is 0 Å². The van der Waals surface area contributed by atoms with E-state index in [4.69, 9.17) is 0 Å². The third-order valence-electron chi connectivity index (χ3n) is 4.39. The number of carbonyl (C=O) groups excluding carboxylic acids is 1. The largest absolute Gasteiger partial charge is 0.299 e. The predicted molar refractivity (Wildman–Crippen MR) is 95.0 cm³/mol. The average Bonchev–Trinajstić information content (AvgIpc) is 3.09. The molecule has 1 saturated carbocycles. The van der Waals surface area contributed by atoms with Gasteiger partial charge in [-0.05, 0) is 61.8 Å². The SMILES string of the molecule is CC(=O)C1(c2c(C)cc(C)cc2Br)CC1.CCC(C)(C)C. The number of carbonyl (C=O) groups is 1. The van der Waals surface area contributed by atoms with Gasteiger partial charge in [-0.25, -0.2) is 0 Å². The molecule has 0 atom stereocenters. The summed E-state index contributed by atoms with van der Waals surface area (Å²) in [6, 6.07) is 4.26. The molecule has 1 aromatic rings. The number of benzene rings is 1. The highest BCUT2D eigenvalue weighted by Gasteiger charge is 2.50. The van der Waals surface area contributed by atoms with Gasteiger partial charge in [0.2, 0.25) is 0 Å². The molecular weight excluding hydrogens is 324 g/mol. The highest BCUT2D eigenvalue weighted by Crippen LogP contribution is 2.52. The van der Waals surface area contributed by atoms with Crippen molar-refractivity contribution in [1.82, 2.24) is 0 Å². The zero-order chi connectivity index (χ0) is 16.4. The molecule has 1 aliphatic rings. The van der Waals surface area contributed by atoms with Gasteiger partial charge < -0.3 is 0 Å². The normalized spacial score (nSPS) is 16.0. The lowest BCUT2D eigenvalue weighted by Gasteiger charge is -2.17. The van der Waals surface area contributed by atoms with E-state index >= 15 is 0 Å². The van der Waals surface area contributed by atoms with Crippen LogP contribution in [0.25, 0.3) is 0 Å². The van der Waals surface area contributed by atoms with Gasteiger partial charge in [-0.15, -0.1) is 0 Å². The van der Waals surface area contributed by atoms with Gasteiger partial charge in [-0.1, -0.05) is 56.1 Å². The molecule has 0 radical (unpaired) electrons. The van der Waals surface area contributed by atoms with E-state index in [1.54, 1.807) is 6.92 Å². The summed E-state index contributed by atoms with van der Waals surface area (Å²) in [6.07, 6.45) is 3.28. The lowest BCUT2D eigenvalue weighted by molar-refractivity contribution is -0.119. The van der Waals surface area contributed by atoms with Crippen LogP contribution >= 0.6 is 15.9 Å². The Kier molecular flexibility index (Phi) is 5.83. The molecule has 1 aliphatic carbocycles. The van der Waals surface area contributed by atoms with Gasteiger partial charge in [0.05, 0.1) is 5.41 Å². The van der Waals surface area contributed by atoms with E-state index < -0.39 is 0 Å². The van der Waals surface area contributed by atoms with Crippen molar-refractivity contribution < 1.29 is 4.79 Å². The van der Waals surface area contributed by atoms with Crippen LogP contribution in [0.5, 0.6) is 0 Å². The van der Waals surface area contributed by atoms with Crippen molar-refractivity contribution in [1.29, 1.82) is 0 Å². The van der Waals surface area contributed by atoms with Crippen LogP contribution in [0.3, 0.4) is 0 Å². The average molecular weight is 353 g/mol. The quantitative estimate of drug-likeness (QED) is 0.625. The summed E-state index contributed by atoms with van der Waals surface area (Å²) < 4.78 is 1.09. The molecule has 0 unspecified atom stereocenters. The molecule has 1 nitrogen and oxygen atoms in total. The predicted octanol–water partition coefficient (Wildman–Crippen LogP) is 6.13. The topological polar surface area (TPSA) is 17.1 Å². The van der Waals surface area contributed by atoms with Crippen LogP contribution < -0.4 is 0 Å². The van der Waals surface area contributed by atoms with E-state index in [-0.39, 0.29) is 5.41 Å². The molecule has 0 saturated heterocycles. The Labute approximate surface area is 138 Å². The van der Waals surface area contributed by atoms with Gasteiger partial charge in [0, 0.05) is 4.47 Å². The third-order valence-corrected chi connectivity index (χ3v) is 5.02. The van der Waals surface area contributed by atoms with E-state index in [1.165, 1.54) is 23.1 Å². The lowest BCUT2D eigenvalue weighted by Crippen LogP contribution is -2.19. The summed E-state index contributed by atoms with van der Waals surface area (Å²) in [5.74, 6) is 0.301. The van der Waals surface area contributed by atoms with Gasteiger partial charge in [-0.2, -0.15) is 0 Å². The van der Waals surface area contributed by atoms with Crippen molar-refractivity contribution in [3.05, 3.63) is 33.3 Å². The number of hydrogen-bond acceptors (Lipinski definition) is 1. The Morgan fingerprint density at radius 3 is 2.00 bits per heavy atom. The van der Waals surface area contributed by atoms with Crippen LogP contribution in [0.2, 0.25) is 0 Å². The van der Waals surface area contributed by atoms with Crippen molar-refractivity contribution >= 4 is 21.7 Å². The second kappa shape index (κ2) is 6.64. The third kappa shape index (κ3) is 4.67. The molecule has 1 fully saturated rings. The Hall–Kier alpha value is -0.630. The van der Waals surface area contributed by atoms with Gasteiger partial charge >= 0.3 is 0 Å². The summed E-state index contributed by atoms with van der Waals surface area (Å²) in [6.45, 7) is 14.8. The Morgan fingerprint density at radius 2 is 1.71 bits per heavy atom. The number of hydrogen-bond donors (Lipinski definition) is 0. The standard InChI is InChI=1S/C13H15BrO.C6H14/c1-8-6-9(2)12(11(14)7-8)13(4-5-13)10(3)15;1-5-6(2,3)4/h6-7H,4-5H2,1-3H3;5H2,1-4H3. The molecule has 0 N–H and O–H groups in total. The van der Waals surface area contributed by atoms with E-state index in [0.717, 1.165) is 17.3 Å². The fourth-order valence-corrected chi connectivity index (χ4v) is 3.48. The van der Waals surface area contributed by atoms with Crippen molar-refractivity contribution in [2.45, 2.75) is 73.1 Å². The molecule has 0 heterocycles.